The SMILES string of the molecule is CCc1cccc(NC(C)C(=O)Nc2ccc(C)c(F)c2)c1. The highest BCUT2D eigenvalue weighted by Crippen LogP contribution is 2.15. The van der Waals surface area contributed by atoms with E-state index in [1.165, 1.54) is 11.6 Å². The first-order chi connectivity index (χ1) is 10.5. The summed E-state index contributed by atoms with van der Waals surface area (Å²) in [5, 5.41) is 5.87. The lowest BCUT2D eigenvalue weighted by Crippen LogP contribution is -2.31. The molecular formula is C18H21FN2O. The molecule has 0 aliphatic carbocycles. The lowest BCUT2D eigenvalue weighted by molar-refractivity contribution is -0.116. The Kier molecular flexibility index (Phi) is 5.15. The highest BCUT2D eigenvalue weighted by Gasteiger charge is 2.13. The summed E-state index contributed by atoms with van der Waals surface area (Å²) in [7, 11) is 0. The minimum atomic E-state index is -0.420. The molecule has 0 bridgehead atoms. The van der Waals surface area contributed by atoms with Crippen LogP contribution in [0.25, 0.3) is 0 Å². The Morgan fingerprint density at radius 1 is 1.18 bits per heavy atom. The van der Waals surface area contributed by atoms with Gasteiger partial charge in [-0.3, -0.25) is 4.79 Å². The summed E-state index contributed by atoms with van der Waals surface area (Å²) in [5.41, 5.74) is 3.12. The Bertz CT molecular complexity index is 670. The monoisotopic (exact) mass is 300 g/mol. The van der Waals surface area contributed by atoms with Crippen molar-refractivity contribution in [3.8, 4) is 0 Å². The molecule has 0 aliphatic heterocycles. The first-order valence-electron chi connectivity index (χ1n) is 7.42. The van der Waals surface area contributed by atoms with E-state index in [4.69, 9.17) is 0 Å². The van der Waals surface area contributed by atoms with Crippen molar-refractivity contribution in [1.82, 2.24) is 0 Å². The molecule has 0 saturated carbocycles. The molecule has 2 aromatic carbocycles. The van der Waals surface area contributed by atoms with Gasteiger partial charge in [0.15, 0.2) is 0 Å². The van der Waals surface area contributed by atoms with E-state index < -0.39 is 6.04 Å². The molecule has 4 heteroatoms. The maximum absolute atomic E-state index is 13.5. The van der Waals surface area contributed by atoms with E-state index >= 15 is 0 Å². The van der Waals surface area contributed by atoms with Gasteiger partial charge in [-0.25, -0.2) is 4.39 Å². The Morgan fingerprint density at radius 2 is 1.95 bits per heavy atom. The normalized spacial score (nSPS) is 11.8. The lowest BCUT2D eigenvalue weighted by atomic mass is 10.1. The van der Waals surface area contributed by atoms with E-state index in [2.05, 4.69) is 17.6 Å². The van der Waals surface area contributed by atoms with Crippen LogP contribution in [0.3, 0.4) is 0 Å². The van der Waals surface area contributed by atoms with Crippen LogP contribution in [0.2, 0.25) is 0 Å². The predicted molar refractivity (Wildman–Crippen MR) is 88.7 cm³/mol. The second-order valence-electron chi connectivity index (χ2n) is 5.37. The van der Waals surface area contributed by atoms with Gasteiger partial charge in [-0.15, -0.1) is 0 Å². The zero-order chi connectivity index (χ0) is 16.1. The van der Waals surface area contributed by atoms with Crippen LogP contribution in [-0.2, 0) is 11.2 Å². The van der Waals surface area contributed by atoms with E-state index in [9.17, 15) is 9.18 Å². The molecule has 22 heavy (non-hydrogen) atoms. The summed E-state index contributed by atoms with van der Waals surface area (Å²) >= 11 is 0. The van der Waals surface area contributed by atoms with Crippen LogP contribution in [0.4, 0.5) is 15.8 Å². The van der Waals surface area contributed by atoms with Gasteiger partial charge in [-0.2, -0.15) is 0 Å². The zero-order valence-corrected chi connectivity index (χ0v) is 13.1. The van der Waals surface area contributed by atoms with E-state index in [0.717, 1.165) is 12.1 Å². The van der Waals surface area contributed by atoms with Crippen molar-refractivity contribution in [3.63, 3.8) is 0 Å². The van der Waals surface area contributed by atoms with Gasteiger partial charge in [0.25, 0.3) is 0 Å². The van der Waals surface area contributed by atoms with E-state index in [1.54, 1.807) is 26.0 Å². The number of nitrogens with one attached hydrogen (secondary N) is 2. The van der Waals surface area contributed by atoms with Crippen molar-refractivity contribution in [1.29, 1.82) is 0 Å². The van der Waals surface area contributed by atoms with Crippen molar-refractivity contribution < 1.29 is 9.18 Å². The number of hydrogen-bond acceptors (Lipinski definition) is 2. The quantitative estimate of drug-likeness (QED) is 0.871. The summed E-state index contributed by atoms with van der Waals surface area (Å²) in [6.45, 7) is 5.55. The van der Waals surface area contributed by atoms with Crippen LogP contribution in [-0.4, -0.2) is 11.9 Å². The molecule has 0 fully saturated rings. The van der Waals surface area contributed by atoms with Crippen molar-refractivity contribution >= 4 is 17.3 Å². The minimum absolute atomic E-state index is 0.204. The molecule has 1 amide bonds. The molecule has 0 spiro atoms. The highest BCUT2D eigenvalue weighted by molar-refractivity contribution is 5.96. The Morgan fingerprint density at radius 3 is 2.64 bits per heavy atom. The van der Waals surface area contributed by atoms with Gasteiger partial charge < -0.3 is 10.6 Å². The van der Waals surface area contributed by atoms with E-state index in [0.29, 0.717) is 11.3 Å². The zero-order valence-electron chi connectivity index (χ0n) is 13.1. The van der Waals surface area contributed by atoms with Crippen molar-refractivity contribution in [3.05, 3.63) is 59.4 Å². The largest absolute Gasteiger partial charge is 0.374 e. The number of carbonyl (C=O) groups is 1. The molecule has 0 aromatic heterocycles. The maximum atomic E-state index is 13.5. The van der Waals surface area contributed by atoms with Crippen LogP contribution in [0.1, 0.15) is 25.0 Å². The van der Waals surface area contributed by atoms with Crippen molar-refractivity contribution in [2.24, 2.45) is 0 Å². The second kappa shape index (κ2) is 7.07. The summed E-state index contributed by atoms with van der Waals surface area (Å²) in [5.74, 6) is -0.529. The summed E-state index contributed by atoms with van der Waals surface area (Å²) < 4.78 is 13.5. The number of hydrogen-bond donors (Lipinski definition) is 2. The molecule has 1 atom stereocenters. The van der Waals surface area contributed by atoms with Gasteiger partial charge in [0, 0.05) is 11.4 Å². The van der Waals surface area contributed by atoms with Gasteiger partial charge in [0.05, 0.1) is 0 Å². The second-order valence-corrected chi connectivity index (χ2v) is 5.37. The first kappa shape index (κ1) is 16.0. The van der Waals surface area contributed by atoms with E-state index in [1.807, 2.05) is 24.3 Å². The number of aryl methyl sites for hydroxylation is 2. The molecule has 0 saturated heterocycles. The molecule has 0 aliphatic rings. The fourth-order valence-electron chi connectivity index (χ4n) is 2.12. The Labute approximate surface area is 130 Å². The maximum Gasteiger partial charge on any atom is 0.246 e. The number of rotatable bonds is 5. The summed E-state index contributed by atoms with van der Waals surface area (Å²) in [6, 6.07) is 12.2. The van der Waals surface area contributed by atoms with Crippen molar-refractivity contribution in [2.75, 3.05) is 10.6 Å². The van der Waals surface area contributed by atoms with Gasteiger partial charge in [-0.05, 0) is 55.7 Å². The average molecular weight is 300 g/mol. The molecule has 0 heterocycles. The number of halogens is 1. The molecule has 2 rings (SSSR count). The lowest BCUT2D eigenvalue weighted by Gasteiger charge is -2.16. The molecule has 0 radical (unpaired) electrons. The van der Waals surface area contributed by atoms with Gasteiger partial charge in [-0.1, -0.05) is 25.1 Å². The van der Waals surface area contributed by atoms with Crippen molar-refractivity contribution in [2.45, 2.75) is 33.2 Å². The third kappa shape index (κ3) is 4.07. The summed E-state index contributed by atoms with van der Waals surface area (Å²) in [6.07, 6.45) is 0.943. The molecule has 1 unspecified atom stereocenters. The topological polar surface area (TPSA) is 41.1 Å². The van der Waals surface area contributed by atoms with Crippen LogP contribution in [0.5, 0.6) is 0 Å². The van der Waals surface area contributed by atoms with Gasteiger partial charge >= 0.3 is 0 Å². The Hall–Kier alpha value is -2.36. The average Bonchev–Trinajstić information content (AvgIpc) is 2.51. The van der Waals surface area contributed by atoms with E-state index in [-0.39, 0.29) is 11.7 Å². The number of anilines is 2. The third-order valence-corrected chi connectivity index (χ3v) is 3.55. The van der Waals surface area contributed by atoms with Crippen LogP contribution < -0.4 is 10.6 Å². The molecule has 3 nitrogen and oxygen atoms in total. The fourth-order valence-corrected chi connectivity index (χ4v) is 2.12. The standard InChI is InChI=1S/C18H21FN2O/c1-4-14-6-5-7-15(10-14)20-13(3)18(22)21-16-9-8-12(2)17(19)11-16/h5-11,13,20H,4H2,1-3H3,(H,21,22). The van der Waals surface area contributed by atoms with Crippen LogP contribution in [0, 0.1) is 12.7 Å². The third-order valence-electron chi connectivity index (χ3n) is 3.55. The predicted octanol–water partition coefficient (Wildman–Crippen LogP) is 4.14. The minimum Gasteiger partial charge on any atom is -0.374 e. The fraction of sp³-hybridized carbons (Fsp3) is 0.278. The van der Waals surface area contributed by atoms with Crippen LogP contribution in [0.15, 0.2) is 42.5 Å². The number of carbonyl (C=O) groups excluding carboxylic acids is 1. The van der Waals surface area contributed by atoms with Gasteiger partial charge in [0.1, 0.15) is 11.9 Å². The highest BCUT2D eigenvalue weighted by atomic mass is 19.1. The molecule has 2 aromatic rings. The smallest absolute Gasteiger partial charge is 0.246 e. The number of amides is 1. The van der Waals surface area contributed by atoms with Crippen LogP contribution >= 0.6 is 0 Å². The molecule has 116 valence electrons. The molecule has 2 N–H and O–H groups in total. The Balaban J connectivity index is 2.00. The molecular weight excluding hydrogens is 279 g/mol. The first-order valence-corrected chi connectivity index (χ1v) is 7.42. The van der Waals surface area contributed by atoms with Gasteiger partial charge in [0.2, 0.25) is 5.91 Å². The summed E-state index contributed by atoms with van der Waals surface area (Å²) in [4.78, 5) is 12.2. The number of benzene rings is 2.